The average Bonchev–Trinajstić information content (AvgIpc) is 2.69. The predicted octanol–water partition coefficient (Wildman–Crippen LogP) is 5.29. The number of anilines is 1. The molecule has 0 bridgehead atoms. The second-order valence-corrected chi connectivity index (χ2v) is 6.45. The minimum Gasteiger partial charge on any atom is -0.384 e. The number of aryl methyl sites for hydroxylation is 2. The van der Waals surface area contributed by atoms with Crippen LogP contribution in [0.2, 0.25) is 5.02 Å². The fourth-order valence-corrected chi connectivity index (χ4v) is 3.56. The van der Waals surface area contributed by atoms with Gasteiger partial charge in [0.2, 0.25) is 0 Å². The van der Waals surface area contributed by atoms with Crippen LogP contribution in [0.25, 0.3) is 10.9 Å². The van der Waals surface area contributed by atoms with Crippen LogP contribution in [-0.2, 0) is 12.8 Å². The summed E-state index contributed by atoms with van der Waals surface area (Å²) in [5.41, 5.74) is 6.12. The highest BCUT2D eigenvalue weighted by Gasteiger charge is 2.18. The van der Waals surface area contributed by atoms with Crippen LogP contribution in [0.3, 0.4) is 0 Å². The first-order valence-electron chi connectivity index (χ1n) is 8.06. The number of nitrogens with zero attached hydrogens (tertiary/aromatic N) is 1. The van der Waals surface area contributed by atoms with Crippen molar-refractivity contribution in [1.29, 1.82) is 0 Å². The Labute approximate surface area is 131 Å². The summed E-state index contributed by atoms with van der Waals surface area (Å²) in [5, 5.41) is 5.61. The van der Waals surface area contributed by atoms with Crippen LogP contribution in [0.1, 0.15) is 49.4 Å². The van der Waals surface area contributed by atoms with Crippen LogP contribution in [0.5, 0.6) is 0 Å². The smallest absolute Gasteiger partial charge is 0.0912 e. The van der Waals surface area contributed by atoms with Crippen LogP contribution >= 0.6 is 11.6 Å². The Bertz CT molecular complexity index is 664. The van der Waals surface area contributed by atoms with Crippen molar-refractivity contribution < 1.29 is 0 Å². The molecule has 3 heteroatoms. The fourth-order valence-electron chi connectivity index (χ4n) is 3.25. The molecule has 0 aliphatic heterocycles. The number of pyridine rings is 1. The lowest BCUT2D eigenvalue weighted by Gasteiger charge is -2.18. The van der Waals surface area contributed by atoms with Gasteiger partial charge in [0.25, 0.3) is 0 Å². The molecule has 1 heterocycles. The van der Waals surface area contributed by atoms with Crippen LogP contribution in [0, 0.1) is 6.92 Å². The van der Waals surface area contributed by atoms with Gasteiger partial charge in [-0.2, -0.15) is 0 Å². The van der Waals surface area contributed by atoms with Gasteiger partial charge in [0.15, 0.2) is 0 Å². The van der Waals surface area contributed by atoms with Gasteiger partial charge in [0.1, 0.15) is 0 Å². The minimum absolute atomic E-state index is 0.775. The predicted molar refractivity (Wildman–Crippen MR) is 91.5 cm³/mol. The molecule has 21 heavy (non-hydrogen) atoms. The summed E-state index contributed by atoms with van der Waals surface area (Å²) in [5.74, 6) is 0. The van der Waals surface area contributed by atoms with E-state index in [4.69, 9.17) is 16.6 Å². The van der Waals surface area contributed by atoms with Crippen molar-refractivity contribution in [3.05, 3.63) is 34.0 Å². The van der Waals surface area contributed by atoms with Crippen molar-refractivity contribution in [1.82, 2.24) is 4.98 Å². The van der Waals surface area contributed by atoms with Crippen LogP contribution in [-0.4, -0.2) is 11.5 Å². The number of fused-ring (bicyclic) bond motifs is 2. The molecule has 3 rings (SSSR count). The lowest BCUT2D eigenvalue weighted by molar-refractivity contribution is 0.709. The van der Waals surface area contributed by atoms with Crippen molar-refractivity contribution in [3.8, 4) is 0 Å². The molecule has 0 saturated heterocycles. The van der Waals surface area contributed by atoms with E-state index in [0.29, 0.717) is 0 Å². The number of nitrogens with one attached hydrogen (secondary N) is 1. The van der Waals surface area contributed by atoms with E-state index in [1.54, 1.807) is 0 Å². The van der Waals surface area contributed by atoms with E-state index >= 15 is 0 Å². The van der Waals surface area contributed by atoms with E-state index in [0.717, 1.165) is 36.3 Å². The topological polar surface area (TPSA) is 24.9 Å². The van der Waals surface area contributed by atoms with E-state index in [-0.39, 0.29) is 0 Å². The summed E-state index contributed by atoms with van der Waals surface area (Å²) in [6.45, 7) is 5.30. The molecule has 2 aromatic rings. The van der Waals surface area contributed by atoms with Gasteiger partial charge in [-0.3, -0.25) is 4.98 Å². The largest absolute Gasteiger partial charge is 0.384 e. The zero-order chi connectivity index (χ0) is 14.8. The first-order valence-corrected chi connectivity index (χ1v) is 8.44. The molecule has 0 amide bonds. The van der Waals surface area contributed by atoms with Gasteiger partial charge in [-0.1, -0.05) is 24.9 Å². The molecule has 112 valence electrons. The van der Waals surface area contributed by atoms with Gasteiger partial charge in [-0.25, -0.2) is 0 Å². The van der Waals surface area contributed by atoms with E-state index in [1.165, 1.54) is 47.2 Å². The molecule has 1 aliphatic carbocycles. The quantitative estimate of drug-likeness (QED) is 0.779. The number of benzene rings is 1. The first kappa shape index (κ1) is 14.6. The number of hydrogen-bond donors (Lipinski definition) is 1. The second-order valence-electron chi connectivity index (χ2n) is 6.04. The fraction of sp³-hybridized carbons (Fsp3) is 0.500. The number of aromatic nitrogens is 1. The van der Waals surface area contributed by atoms with Crippen molar-refractivity contribution in [3.63, 3.8) is 0 Å². The van der Waals surface area contributed by atoms with Crippen molar-refractivity contribution in [2.24, 2.45) is 0 Å². The van der Waals surface area contributed by atoms with Gasteiger partial charge in [0, 0.05) is 23.3 Å². The average molecular weight is 303 g/mol. The maximum absolute atomic E-state index is 6.46. The van der Waals surface area contributed by atoms with Gasteiger partial charge in [-0.15, -0.1) is 0 Å². The molecule has 1 aliphatic rings. The molecule has 0 spiro atoms. The highest BCUT2D eigenvalue weighted by molar-refractivity contribution is 6.35. The molecule has 0 atom stereocenters. The number of hydrogen-bond acceptors (Lipinski definition) is 2. The molecule has 0 radical (unpaired) electrons. The standard InChI is InChI=1S/C18H23ClN2/c1-3-9-20-17-13-7-5-4-6-8-16(13)21-18-14(17)10-12(2)11-15(18)19/h10-11H,3-9H2,1-2H3,(H,20,21). The van der Waals surface area contributed by atoms with Gasteiger partial charge >= 0.3 is 0 Å². The lowest BCUT2D eigenvalue weighted by atomic mass is 10.0. The monoisotopic (exact) mass is 302 g/mol. The first-order chi connectivity index (χ1) is 10.2. The molecule has 0 saturated carbocycles. The number of halogens is 1. The van der Waals surface area contributed by atoms with Crippen molar-refractivity contribution in [2.75, 3.05) is 11.9 Å². The Morgan fingerprint density at radius 3 is 2.81 bits per heavy atom. The Kier molecular flexibility index (Phi) is 4.34. The van der Waals surface area contributed by atoms with Gasteiger partial charge in [-0.05, 0) is 62.3 Å². The SMILES string of the molecule is CCCNc1c2c(nc3c(Cl)cc(C)cc13)CCCCC2. The highest BCUT2D eigenvalue weighted by Crippen LogP contribution is 2.36. The molecule has 1 N–H and O–H groups in total. The summed E-state index contributed by atoms with van der Waals surface area (Å²) < 4.78 is 0. The van der Waals surface area contributed by atoms with E-state index in [9.17, 15) is 0 Å². The van der Waals surface area contributed by atoms with E-state index < -0.39 is 0 Å². The Balaban J connectivity index is 2.26. The van der Waals surface area contributed by atoms with Crippen molar-refractivity contribution in [2.45, 2.75) is 52.4 Å². The Morgan fingerprint density at radius 2 is 2.00 bits per heavy atom. The lowest BCUT2D eigenvalue weighted by Crippen LogP contribution is -2.08. The third-order valence-corrected chi connectivity index (χ3v) is 4.55. The zero-order valence-electron chi connectivity index (χ0n) is 12.9. The second kappa shape index (κ2) is 6.23. The zero-order valence-corrected chi connectivity index (χ0v) is 13.7. The minimum atomic E-state index is 0.775. The summed E-state index contributed by atoms with van der Waals surface area (Å²) in [4.78, 5) is 4.91. The molecule has 0 unspecified atom stereocenters. The van der Waals surface area contributed by atoms with Crippen LogP contribution in [0.4, 0.5) is 5.69 Å². The molecule has 1 aromatic carbocycles. The highest BCUT2D eigenvalue weighted by atomic mass is 35.5. The van der Waals surface area contributed by atoms with E-state index in [1.807, 2.05) is 6.07 Å². The van der Waals surface area contributed by atoms with Crippen LogP contribution < -0.4 is 5.32 Å². The Hall–Kier alpha value is -1.28. The van der Waals surface area contributed by atoms with Crippen molar-refractivity contribution >= 4 is 28.2 Å². The van der Waals surface area contributed by atoms with Crippen LogP contribution in [0.15, 0.2) is 12.1 Å². The summed E-state index contributed by atoms with van der Waals surface area (Å²) in [6.07, 6.45) is 7.14. The summed E-state index contributed by atoms with van der Waals surface area (Å²) >= 11 is 6.46. The normalized spacial score (nSPS) is 14.8. The number of rotatable bonds is 3. The third-order valence-electron chi connectivity index (χ3n) is 4.27. The van der Waals surface area contributed by atoms with E-state index in [2.05, 4.69) is 25.2 Å². The molecule has 2 nitrogen and oxygen atoms in total. The molecular formula is C18H23ClN2. The molecular weight excluding hydrogens is 280 g/mol. The van der Waals surface area contributed by atoms with Gasteiger partial charge < -0.3 is 5.32 Å². The Morgan fingerprint density at radius 1 is 1.19 bits per heavy atom. The van der Waals surface area contributed by atoms with Gasteiger partial charge in [0.05, 0.1) is 10.5 Å². The summed E-state index contributed by atoms with van der Waals surface area (Å²) in [6, 6.07) is 4.24. The molecule has 1 aromatic heterocycles. The maximum atomic E-state index is 6.46. The molecule has 0 fully saturated rings. The maximum Gasteiger partial charge on any atom is 0.0912 e. The third kappa shape index (κ3) is 2.87. The summed E-state index contributed by atoms with van der Waals surface area (Å²) in [7, 11) is 0.